The first-order chi connectivity index (χ1) is 8.97. The van der Waals surface area contributed by atoms with Gasteiger partial charge in [-0.2, -0.15) is 0 Å². The van der Waals surface area contributed by atoms with Crippen LogP contribution in [0.4, 0.5) is 20.6 Å². The first-order valence-corrected chi connectivity index (χ1v) is 5.75. The lowest BCUT2D eigenvalue weighted by atomic mass is 10.2. The van der Waals surface area contributed by atoms with Crippen molar-refractivity contribution in [1.29, 1.82) is 0 Å². The smallest absolute Gasteiger partial charge is 0.414 e. The first-order valence-electron chi connectivity index (χ1n) is 5.75. The van der Waals surface area contributed by atoms with Crippen LogP contribution in [0, 0.1) is 5.82 Å². The summed E-state index contributed by atoms with van der Waals surface area (Å²) >= 11 is 0. The summed E-state index contributed by atoms with van der Waals surface area (Å²) in [6, 6.07) is 4.11. The maximum Gasteiger partial charge on any atom is 0.414 e. The van der Waals surface area contributed by atoms with Crippen molar-refractivity contribution >= 4 is 23.4 Å². The molecule has 2 rings (SSSR count). The van der Waals surface area contributed by atoms with Gasteiger partial charge in [0.1, 0.15) is 11.9 Å². The molecule has 0 saturated carbocycles. The molecule has 0 radical (unpaired) electrons. The Hall–Kier alpha value is -2.31. The van der Waals surface area contributed by atoms with E-state index in [1.807, 2.05) is 0 Å². The molecule has 19 heavy (non-hydrogen) atoms. The quantitative estimate of drug-likeness (QED) is 0.796. The monoisotopic (exact) mass is 267 g/mol. The topological polar surface area (TPSA) is 84.7 Å². The zero-order valence-corrected chi connectivity index (χ0v) is 10.4. The van der Waals surface area contributed by atoms with E-state index in [4.69, 9.17) is 10.5 Å². The molecule has 102 valence electrons. The van der Waals surface area contributed by atoms with Crippen LogP contribution in [0.2, 0.25) is 0 Å². The van der Waals surface area contributed by atoms with Gasteiger partial charge in [0.15, 0.2) is 0 Å². The fourth-order valence-corrected chi connectivity index (χ4v) is 1.78. The highest BCUT2D eigenvalue weighted by Crippen LogP contribution is 2.24. The van der Waals surface area contributed by atoms with Crippen LogP contribution in [0.1, 0.15) is 6.92 Å². The van der Waals surface area contributed by atoms with Crippen molar-refractivity contribution < 1.29 is 18.7 Å². The van der Waals surface area contributed by atoms with E-state index in [9.17, 15) is 14.0 Å². The number of carbonyl (C=O) groups excluding carboxylic acids is 2. The summed E-state index contributed by atoms with van der Waals surface area (Å²) in [7, 11) is 0. The number of hydrogen-bond acceptors (Lipinski definition) is 4. The van der Waals surface area contributed by atoms with Gasteiger partial charge in [-0.15, -0.1) is 0 Å². The highest BCUT2D eigenvalue weighted by molar-refractivity contribution is 5.90. The second kappa shape index (κ2) is 5.13. The van der Waals surface area contributed by atoms with Crippen LogP contribution in [-0.4, -0.2) is 31.2 Å². The largest absolute Gasteiger partial charge is 0.442 e. The summed E-state index contributed by atoms with van der Waals surface area (Å²) in [4.78, 5) is 23.8. The zero-order chi connectivity index (χ0) is 14.0. The number of rotatable bonds is 3. The lowest BCUT2D eigenvalue weighted by Gasteiger charge is -2.13. The predicted molar refractivity (Wildman–Crippen MR) is 67.1 cm³/mol. The van der Waals surface area contributed by atoms with Gasteiger partial charge < -0.3 is 15.8 Å². The van der Waals surface area contributed by atoms with Gasteiger partial charge in [0, 0.05) is 6.92 Å². The maximum atomic E-state index is 13.3. The summed E-state index contributed by atoms with van der Waals surface area (Å²) in [5.41, 5.74) is 5.77. The Morgan fingerprint density at radius 1 is 1.63 bits per heavy atom. The van der Waals surface area contributed by atoms with Gasteiger partial charge in [-0.25, -0.2) is 9.18 Å². The van der Waals surface area contributed by atoms with Gasteiger partial charge >= 0.3 is 6.09 Å². The number of anilines is 2. The van der Waals surface area contributed by atoms with Crippen LogP contribution in [0.5, 0.6) is 0 Å². The van der Waals surface area contributed by atoms with Crippen molar-refractivity contribution in [2.75, 3.05) is 23.7 Å². The third-order valence-corrected chi connectivity index (χ3v) is 2.75. The molecule has 7 heteroatoms. The number of halogens is 1. The summed E-state index contributed by atoms with van der Waals surface area (Å²) in [5, 5.41) is 2.56. The normalized spacial score (nSPS) is 18.3. The van der Waals surface area contributed by atoms with Gasteiger partial charge in [0.2, 0.25) is 5.91 Å². The molecule has 1 unspecified atom stereocenters. The highest BCUT2D eigenvalue weighted by atomic mass is 19.1. The molecular formula is C12H14FN3O3. The van der Waals surface area contributed by atoms with E-state index in [1.165, 1.54) is 24.0 Å². The Kier molecular flexibility index (Phi) is 3.55. The Morgan fingerprint density at radius 3 is 3.00 bits per heavy atom. The fraction of sp³-hybridized carbons (Fsp3) is 0.333. The van der Waals surface area contributed by atoms with E-state index in [-0.39, 0.29) is 24.7 Å². The van der Waals surface area contributed by atoms with E-state index in [2.05, 4.69) is 5.32 Å². The minimum absolute atomic E-state index is 0.0195. The average Bonchev–Trinajstić information content (AvgIpc) is 2.72. The van der Waals surface area contributed by atoms with Crippen molar-refractivity contribution in [2.45, 2.75) is 13.0 Å². The standard InChI is InChI=1S/C12H14FN3O3/c1-7(17)15-5-9-6-16(12(18)19-9)8-2-3-11(14)10(13)4-8/h2-4,9H,5-6,14H2,1H3,(H,15,17). The molecule has 0 aliphatic carbocycles. The molecule has 3 N–H and O–H groups in total. The van der Waals surface area contributed by atoms with Crippen molar-refractivity contribution in [3.8, 4) is 0 Å². The molecule has 1 aromatic carbocycles. The third kappa shape index (κ3) is 2.93. The molecular weight excluding hydrogens is 253 g/mol. The molecule has 0 bridgehead atoms. The Balaban J connectivity index is 2.07. The molecule has 2 amide bonds. The van der Waals surface area contributed by atoms with Crippen LogP contribution < -0.4 is 16.0 Å². The number of ether oxygens (including phenoxy) is 1. The van der Waals surface area contributed by atoms with Crippen molar-refractivity contribution in [1.82, 2.24) is 5.32 Å². The molecule has 6 nitrogen and oxygen atoms in total. The van der Waals surface area contributed by atoms with Crippen LogP contribution >= 0.6 is 0 Å². The lowest BCUT2D eigenvalue weighted by molar-refractivity contribution is -0.119. The van der Waals surface area contributed by atoms with Gasteiger partial charge in [0.05, 0.1) is 24.5 Å². The van der Waals surface area contributed by atoms with E-state index < -0.39 is 18.0 Å². The van der Waals surface area contributed by atoms with E-state index in [0.29, 0.717) is 5.69 Å². The third-order valence-electron chi connectivity index (χ3n) is 2.75. The van der Waals surface area contributed by atoms with Crippen LogP contribution in [0.3, 0.4) is 0 Å². The van der Waals surface area contributed by atoms with E-state index in [0.717, 1.165) is 0 Å². The number of amides is 2. The number of benzene rings is 1. The van der Waals surface area contributed by atoms with Gasteiger partial charge in [-0.3, -0.25) is 9.69 Å². The minimum atomic E-state index is -0.587. The minimum Gasteiger partial charge on any atom is -0.442 e. The van der Waals surface area contributed by atoms with Crippen molar-refractivity contribution in [3.63, 3.8) is 0 Å². The number of nitrogens with zero attached hydrogens (tertiary/aromatic N) is 1. The fourth-order valence-electron chi connectivity index (χ4n) is 1.78. The van der Waals surface area contributed by atoms with Crippen LogP contribution in [-0.2, 0) is 9.53 Å². The number of nitrogens with one attached hydrogen (secondary N) is 1. The SMILES string of the molecule is CC(=O)NCC1CN(c2ccc(N)c(F)c2)C(=O)O1. The summed E-state index contributed by atoms with van der Waals surface area (Å²) < 4.78 is 18.4. The second-order valence-corrected chi connectivity index (χ2v) is 4.26. The molecule has 0 spiro atoms. The lowest BCUT2D eigenvalue weighted by Crippen LogP contribution is -2.33. The number of cyclic esters (lactones) is 1. The van der Waals surface area contributed by atoms with Crippen LogP contribution in [0.15, 0.2) is 18.2 Å². The van der Waals surface area contributed by atoms with Crippen LogP contribution in [0.25, 0.3) is 0 Å². The molecule has 1 aliphatic rings. The molecule has 1 saturated heterocycles. The molecule has 1 fully saturated rings. The van der Waals surface area contributed by atoms with Crippen molar-refractivity contribution in [3.05, 3.63) is 24.0 Å². The first kappa shape index (κ1) is 13.1. The number of nitrogen functional groups attached to an aromatic ring is 1. The van der Waals surface area contributed by atoms with E-state index >= 15 is 0 Å². The molecule has 1 aliphatic heterocycles. The Bertz CT molecular complexity index is 521. The molecule has 1 atom stereocenters. The zero-order valence-electron chi connectivity index (χ0n) is 10.4. The second-order valence-electron chi connectivity index (χ2n) is 4.26. The highest BCUT2D eigenvalue weighted by Gasteiger charge is 2.32. The summed E-state index contributed by atoms with van der Waals surface area (Å²) in [6.07, 6.45) is -1.02. The van der Waals surface area contributed by atoms with E-state index in [1.54, 1.807) is 6.07 Å². The van der Waals surface area contributed by atoms with Gasteiger partial charge in [-0.05, 0) is 18.2 Å². The molecule has 1 heterocycles. The van der Waals surface area contributed by atoms with Crippen molar-refractivity contribution in [2.24, 2.45) is 0 Å². The Morgan fingerprint density at radius 2 is 2.37 bits per heavy atom. The molecule has 0 aromatic heterocycles. The number of carbonyl (C=O) groups is 2. The summed E-state index contributed by atoms with van der Waals surface area (Å²) in [6.45, 7) is 1.86. The predicted octanol–water partition coefficient (Wildman–Crippen LogP) is 0.869. The molecule has 1 aromatic rings. The average molecular weight is 267 g/mol. The summed E-state index contributed by atoms with van der Waals surface area (Å²) in [5.74, 6) is -0.788. The van der Waals surface area contributed by atoms with Gasteiger partial charge in [0.25, 0.3) is 0 Å². The maximum absolute atomic E-state index is 13.3. The number of hydrogen-bond donors (Lipinski definition) is 2. The number of nitrogens with two attached hydrogens (primary N) is 1. The Labute approximate surface area is 109 Å². The van der Waals surface area contributed by atoms with Gasteiger partial charge in [-0.1, -0.05) is 0 Å².